The molecule has 3 rings (SSSR count). The second kappa shape index (κ2) is 5.48. The third-order valence-corrected chi connectivity index (χ3v) is 3.56. The lowest BCUT2D eigenvalue weighted by molar-refractivity contribution is 0.0697. The first-order valence-electron chi connectivity index (χ1n) is 7.01. The van der Waals surface area contributed by atoms with Gasteiger partial charge < -0.3 is 10.4 Å². The standard InChI is InChI=1S/C18H16N2O2/c1-11-3-4-14-10-12(2)17(20-16(14)9-11)19-15-7-5-13(6-8-15)18(21)22/h3-10H,1-2H3,(H,19,20)(H,21,22). The number of fused-ring (bicyclic) bond motifs is 1. The van der Waals surface area contributed by atoms with Crippen molar-refractivity contribution in [1.82, 2.24) is 4.98 Å². The van der Waals surface area contributed by atoms with Gasteiger partial charge in [-0.15, -0.1) is 0 Å². The van der Waals surface area contributed by atoms with Crippen LogP contribution in [0, 0.1) is 13.8 Å². The van der Waals surface area contributed by atoms with Crippen molar-refractivity contribution in [3.63, 3.8) is 0 Å². The van der Waals surface area contributed by atoms with Crippen LogP contribution >= 0.6 is 0 Å². The quantitative estimate of drug-likeness (QED) is 0.755. The van der Waals surface area contributed by atoms with Gasteiger partial charge in [-0.1, -0.05) is 12.1 Å². The molecule has 0 fully saturated rings. The number of aromatic nitrogens is 1. The molecule has 4 nitrogen and oxygen atoms in total. The van der Waals surface area contributed by atoms with E-state index in [-0.39, 0.29) is 5.56 Å². The average molecular weight is 292 g/mol. The van der Waals surface area contributed by atoms with Gasteiger partial charge >= 0.3 is 5.97 Å². The Hall–Kier alpha value is -2.88. The maximum Gasteiger partial charge on any atom is 0.335 e. The summed E-state index contributed by atoms with van der Waals surface area (Å²) in [5, 5.41) is 13.3. The van der Waals surface area contributed by atoms with Crippen molar-refractivity contribution in [2.24, 2.45) is 0 Å². The third kappa shape index (κ3) is 2.76. The highest BCUT2D eigenvalue weighted by Gasteiger charge is 2.06. The summed E-state index contributed by atoms with van der Waals surface area (Å²) >= 11 is 0. The molecule has 0 bridgehead atoms. The maximum absolute atomic E-state index is 10.9. The minimum Gasteiger partial charge on any atom is -0.478 e. The van der Waals surface area contributed by atoms with Gasteiger partial charge in [0.2, 0.25) is 0 Å². The van der Waals surface area contributed by atoms with Crippen LogP contribution < -0.4 is 5.32 Å². The van der Waals surface area contributed by atoms with Gasteiger partial charge in [0.05, 0.1) is 11.1 Å². The molecule has 0 unspecified atom stereocenters. The number of aryl methyl sites for hydroxylation is 2. The zero-order chi connectivity index (χ0) is 15.7. The molecule has 0 saturated heterocycles. The number of carboxylic acids is 1. The van der Waals surface area contributed by atoms with E-state index in [0.29, 0.717) is 0 Å². The Bertz CT molecular complexity index is 855. The fourth-order valence-electron chi connectivity index (χ4n) is 2.34. The number of hydrogen-bond donors (Lipinski definition) is 2. The number of benzene rings is 2. The highest BCUT2D eigenvalue weighted by atomic mass is 16.4. The van der Waals surface area contributed by atoms with Crippen LogP contribution in [0.15, 0.2) is 48.5 Å². The first-order valence-corrected chi connectivity index (χ1v) is 7.01. The average Bonchev–Trinajstić information content (AvgIpc) is 2.49. The van der Waals surface area contributed by atoms with E-state index in [1.807, 2.05) is 19.9 Å². The molecule has 22 heavy (non-hydrogen) atoms. The van der Waals surface area contributed by atoms with Crippen LogP contribution in [0.3, 0.4) is 0 Å². The lowest BCUT2D eigenvalue weighted by Gasteiger charge is -2.10. The molecule has 0 aliphatic rings. The molecule has 0 amide bonds. The van der Waals surface area contributed by atoms with E-state index in [1.54, 1.807) is 24.3 Å². The topological polar surface area (TPSA) is 62.2 Å². The summed E-state index contributed by atoms with van der Waals surface area (Å²) in [4.78, 5) is 15.5. The van der Waals surface area contributed by atoms with Crippen molar-refractivity contribution in [2.75, 3.05) is 5.32 Å². The first-order chi connectivity index (χ1) is 10.5. The Morgan fingerprint density at radius 1 is 1.05 bits per heavy atom. The van der Waals surface area contributed by atoms with Gasteiger partial charge in [-0.05, 0) is 61.4 Å². The normalized spacial score (nSPS) is 10.6. The van der Waals surface area contributed by atoms with Crippen LogP contribution in [-0.2, 0) is 0 Å². The second-order valence-electron chi connectivity index (χ2n) is 5.36. The molecule has 3 aromatic rings. The molecule has 0 aliphatic carbocycles. The first kappa shape index (κ1) is 14.1. The molecule has 2 N–H and O–H groups in total. The van der Waals surface area contributed by atoms with Crippen LogP contribution in [0.5, 0.6) is 0 Å². The van der Waals surface area contributed by atoms with Gasteiger partial charge in [-0.3, -0.25) is 0 Å². The summed E-state index contributed by atoms with van der Waals surface area (Å²) in [5.74, 6) is -0.150. The lowest BCUT2D eigenvalue weighted by atomic mass is 10.1. The third-order valence-electron chi connectivity index (χ3n) is 3.56. The molecule has 0 atom stereocenters. The molecular weight excluding hydrogens is 276 g/mol. The summed E-state index contributed by atoms with van der Waals surface area (Å²) in [6, 6.07) is 14.9. The van der Waals surface area contributed by atoms with Gasteiger partial charge in [0.25, 0.3) is 0 Å². The Morgan fingerprint density at radius 3 is 2.45 bits per heavy atom. The van der Waals surface area contributed by atoms with Crippen molar-refractivity contribution in [1.29, 1.82) is 0 Å². The summed E-state index contributed by atoms with van der Waals surface area (Å²) in [5.41, 5.74) is 4.23. The van der Waals surface area contributed by atoms with E-state index in [9.17, 15) is 4.79 Å². The van der Waals surface area contributed by atoms with Crippen LogP contribution in [0.1, 0.15) is 21.5 Å². The predicted octanol–water partition coefficient (Wildman–Crippen LogP) is 4.29. The Balaban J connectivity index is 1.95. The number of nitrogens with one attached hydrogen (secondary N) is 1. The van der Waals surface area contributed by atoms with E-state index < -0.39 is 5.97 Å². The fourth-order valence-corrected chi connectivity index (χ4v) is 2.34. The van der Waals surface area contributed by atoms with Gasteiger partial charge in [0.15, 0.2) is 0 Å². The lowest BCUT2D eigenvalue weighted by Crippen LogP contribution is -1.99. The molecule has 110 valence electrons. The van der Waals surface area contributed by atoms with Gasteiger partial charge in [0, 0.05) is 11.1 Å². The molecule has 0 saturated carbocycles. The van der Waals surface area contributed by atoms with Crippen molar-refractivity contribution in [3.05, 3.63) is 65.2 Å². The number of carbonyl (C=O) groups is 1. The zero-order valence-corrected chi connectivity index (χ0v) is 12.4. The molecule has 2 aromatic carbocycles. The van der Waals surface area contributed by atoms with E-state index in [0.717, 1.165) is 28.0 Å². The maximum atomic E-state index is 10.9. The summed E-state index contributed by atoms with van der Waals surface area (Å²) in [6.45, 7) is 4.04. The van der Waals surface area contributed by atoms with Crippen molar-refractivity contribution in [2.45, 2.75) is 13.8 Å². The van der Waals surface area contributed by atoms with E-state index in [1.165, 1.54) is 5.56 Å². The van der Waals surface area contributed by atoms with E-state index in [4.69, 9.17) is 5.11 Å². The monoisotopic (exact) mass is 292 g/mol. The number of pyridine rings is 1. The molecule has 1 aromatic heterocycles. The summed E-state index contributed by atoms with van der Waals surface area (Å²) < 4.78 is 0. The minimum atomic E-state index is -0.929. The van der Waals surface area contributed by atoms with Crippen molar-refractivity contribution in [3.8, 4) is 0 Å². The van der Waals surface area contributed by atoms with Crippen molar-refractivity contribution >= 4 is 28.4 Å². The van der Waals surface area contributed by atoms with Crippen molar-refractivity contribution < 1.29 is 9.90 Å². The van der Waals surface area contributed by atoms with E-state index >= 15 is 0 Å². The molecule has 1 heterocycles. The number of rotatable bonds is 3. The van der Waals surface area contributed by atoms with Crippen LogP contribution in [-0.4, -0.2) is 16.1 Å². The number of nitrogens with zero attached hydrogens (tertiary/aromatic N) is 1. The van der Waals surface area contributed by atoms with Gasteiger partial charge in [-0.25, -0.2) is 9.78 Å². The number of aromatic carboxylic acids is 1. The molecule has 0 spiro atoms. The summed E-state index contributed by atoms with van der Waals surface area (Å²) in [7, 11) is 0. The van der Waals surface area contributed by atoms with Crippen LogP contribution in [0.4, 0.5) is 11.5 Å². The number of anilines is 2. The molecule has 4 heteroatoms. The van der Waals surface area contributed by atoms with Gasteiger partial charge in [0.1, 0.15) is 5.82 Å². The number of carboxylic acid groups (broad SMARTS) is 1. The number of hydrogen-bond acceptors (Lipinski definition) is 3. The minimum absolute atomic E-state index is 0.268. The van der Waals surface area contributed by atoms with E-state index in [2.05, 4.69) is 28.5 Å². The molecule has 0 aliphatic heterocycles. The predicted molar refractivity (Wildman–Crippen MR) is 87.9 cm³/mol. The SMILES string of the molecule is Cc1ccc2cc(C)c(Nc3ccc(C(=O)O)cc3)nc2c1. The fraction of sp³-hybridized carbons (Fsp3) is 0.111. The van der Waals surface area contributed by atoms with Gasteiger partial charge in [-0.2, -0.15) is 0 Å². The van der Waals surface area contributed by atoms with Crippen LogP contribution in [0.25, 0.3) is 10.9 Å². The largest absolute Gasteiger partial charge is 0.478 e. The zero-order valence-electron chi connectivity index (χ0n) is 12.4. The Labute approximate surface area is 128 Å². The Morgan fingerprint density at radius 2 is 1.77 bits per heavy atom. The second-order valence-corrected chi connectivity index (χ2v) is 5.36. The van der Waals surface area contributed by atoms with Crippen LogP contribution in [0.2, 0.25) is 0 Å². The highest BCUT2D eigenvalue weighted by Crippen LogP contribution is 2.24. The smallest absolute Gasteiger partial charge is 0.335 e. The summed E-state index contributed by atoms with van der Waals surface area (Å²) in [6.07, 6.45) is 0. The Kier molecular flexibility index (Phi) is 3.51. The molecular formula is C18H16N2O2. The molecule has 0 radical (unpaired) electrons. The highest BCUT2D eigenvalue weighted by molar-refractivity contribution is 5.88.